The van der Waals surface area contributed by atoms with Gasteiger partial charge in [-0.05, 0) is 49.9 Å². The van der Waals surface area contributed by atoms with Crippen molar-refractivity contribution < 1.29 is 14.3 Å². The molecular weight excluding hydrogens is 240 g/mol. The van der Waals surface area contributed by atoms with E-state index in [0.29, 0.717) is 23.0 Å². The molecular formula is C16H20O3. The van der Waals surface area contributed by atoms with Crippen LogP contribution in [0.1, 0.15) is 46.0 Å². The summed E-state index contributed by atoms with van der Waals surface area (Å²) >= 11 is 0. The normalized spacial score (nSPS) is 30.4. The standard InChI is InChI=1S/C9H8O3.C7H12/c10-8-6-4-1-2-5(3-4)7(6)9(11)12-8;1-6(2)5-7-3-4-7/h4-5H,1-3H2;5-6H,3-4H2,1-2H3. The van der Waals surface area contributed by atoms with Crippen molar-refractivity contribution >= 4 is 11.9 Å². The molecule has 4 aliphatic rings. The Balaban J connectivity index is 0.000000136. The van der Waals surface area contributed by atoms with Crippen LogP contribution in [0.25, 0.3) is 0 Å². The van der Waals surface area contributed by atoms with E-state index in [-0.39, 0.29) is 11.9 Å². The topological polar surface area (TPSA) is 43.4 Å². The Morgan fingerprint density at radius 2 is 1.58 bits per heavy atom. The first-order valence-corrected chi connectivity index (χ1v) is 7.26. The lowest BCUT2D eigenvalue weighted by Gasteiger charge is -2.06. The molecule has 0 saturated heterocycles. The molecule has 2 bridgehead atoms. The second kappa shape index (κ2) is 4.62. The number of cyclic esters (lactones) is 2. The first-order valence-electron chi connectivity index (χ1n) is 7.26. The fraction of sp³-hybridized carbons (Fsp3) is 0.625. The molecule has 2 saturated carbocycles. The molecule has 2 unspecified atom stereocenters. The summed E-state index contributed by atoms with van der Waals surface area (Å²) in [5.41, 5.74) is 3.07. The van der Waals surface area contributed by atoms with Gasteiger partial charge in [0.05, 0.1) is 11.1 Å². The fourth-order valence-electron chi connectivity index (χ4n) is 3.40. The lowest BCUT2D eigenvalue weighted by molar-refractivity contribution is -0.151. The molecule has 2 fully saturated rings. The number of fused-ring (bicyclic) bond motifs is 4. The van der Waals surface area contributed by atoms with Gasteiger partial charge in [-0.2, -0.15) is 0 Å². The van der Waals surface area contributed by atoms with Crippen molar-refractivity contribution in [2.45, 2.75) is 46.0 Å². The van der Waals surface area contributed by atoms with Crippen LogP contribution in [0, 0.1) is 17.8 Å². The molecule has 2 atom stereocenters. The van der Waals surface area contributed by atoms with E-state index in [1.165, 1.54) is 12.8 Å². The molecule has 0 aromatic heterocycles. The van der Waals surface area contributed by atoms with Crippen molar-refractivity contribution in [2.75, 3.05) is 0 Å². The molecule has 3 aliphatic carbocycles. The van der Waals surface area contributed by atoms with E-state index in [9.17, 15) is 9.59 Å². The zero-order chi connectivity index (χ0) is 13.6. The number of esters is 2. The number of rotatable bonds is 1. The molecule has 4 rings (SSSR count). The third kappa shape index (κ3) is 2.38. The van der Waals surface area contributed by atoms with Gasteiger partial charge in [-0.3, -0.25) is 0 Å². The minimum absolute atomic E-state index is 0.337. The van der Waals surface area contributed by atoms with E-state index in [4.69, 9.17) is 0 Å². The van der Waals surface area contributed by atoms with Crippen molar-refractivity contribution in [2.24, 2.45) is 17.8 Å². The van der Waals surface area contributed by atoms with Crippen LogP contribution in [0.5, 0.6) is 0 Å². The van der Waals surface area contributed by atoms with Crippen LogP contribution < -0.4 is 0 Å². The molecule has 0 radical (unpaired) electrons. The third-order valence-electron chi connectivity index (χ3n) is 4.27. The molecule has 0 amide bonds. The highest BCUT2D eigenvalue weighted by Crippen LogP contribution is 2.51. The van der Waals surface area contributed by atoms with Crippen LogP contribution in [-0.2, 0) is 14.3 Å². The molecule has 3 heteroatoms. The van der Waals surface area contributed by atoms with E-state index in [1.54, 1.807) is 5.57 Å². The Kier molecular flexibility index (Phi) is 3.08. The van der Waals surface area contributed by atoms with E-state index in [1.807, 2.05) is 0 Å². The van der Waals surface area contributed by atoms with Crippen molar-refractivity contribution in [3.63, 3.8) is 0 Å². The monoisotopic (exact) mass is 260 g/mol. The second-order valence-electron chi connectivity index (χ2n) is 6.28. The summed E-state index contributed by atoms with van der Waals surface area (Å²) in [4.78, 5) is 22.3. The molecule has 0 aromatic carbocycles. The van der Waals surface area contributed by atoms with Crippen molar-refractivity contribution in [3.05, 3.63) is 22.8 Å². The summed E-state index contributed by atoms with van der Waals surface area (Å²) in [7, 11) is 0. The Bertz CT molecular complexity index is 460. The average Bonchev–Trinajstić information content (AvgIpc) is 2.82. The predicted molar refractivity (Wildman–Crippen MR) is 71.1 cm³/mol. The van der Waals surface area contributed by atoms with Crippen LogP contribution in [0.4, 0.5) is 0 Å². The summed E-state index contributed by atoms with van der Waals surface area (Å²) in [6.07, 6.45) is 8.24. The van der Waals surface area contributed by atoms with Crippen LogP contribution in [0.3, 0.4) is 0 Å². The van der Waals surface area contributed by atoms with Crippen LogP contribution in [0.2, 0.25) is 0 Å². The zero-order valence-electron chi connectivity index (χ0n) is 11.6. The molecule has 0 N–H and O–H groups in total. The zero-order valence-corrected chi connectivity index (χ0v) is 11.6. The first-order chi connectivity index (χ1) is 9.06. The minimum atomic E-state index is -0.373. The smallest absolute Gasteiger partial charge is 0.342 e. The Hall–Kier alpha value is -1.38. The van der Waals surface area contributed by atoms with Gasteiger partial charge in [-0.1, -0.05) is 25.5 Å². The van der Waals surface area contributed by atoms with Gasteiger partial charge in [0.15, 0.2) is 0 Å². The van der Waals surface area contributed by atoms with Gasteiger partial charge in [0.1, 0.15) is 0 Å². The minimum Gasteiger partial charge on any atom is -0.386 e. The number of hydrogen-bond donors (Lipinski definition) is 0. The van der Waals surface area contributed by atoms with Crippen LogP contribution in [-0.4, -0.2) is 11.9 Å². The summed E-state index contributed by atoms with van der Waals surface area (Å²) in [5.74, 6) is 0.704. The van der Waals surface area contributed by atoms with Crippen molar-refractivity contribution in [3.8, 4) is 0 Å². The highest BCUT2D eigenvalue weighted by molar-refractivity contribution is 6.13. The summed E-state index contributed by atoms with van der Waals surface area (Å²) < 4.78 is 4.56. The number of carbonyl (C=O) groups is 2. The fourth-order valence-corrected chi connectivity index (χ4v) is 3.40. The lowest BCUT2D eigenvalue weighted by Crippen LogP contribution is -2.08. The number of carbonyl (C=O) groups excluding carboxylic acids is 2. The molecule has 0 spiro atoms. The number of ether oxygens (including phenoxy) is 1. The predicted octanol–water partition coefficient (Wildman–Crippen LogP) is 3.16. The Labute approximate surface area is 113 Å². The van der Waals surface area contributed by atoms with Gasteiger partial charge in [0, 0.05) is 0 Å². The van der Waals surface area contributed by atoms with Gasteiger partial charge < -0.3 is 4.74 Å². The molecule has 1 aliphatic heterocycles. The highest BCUT2D eigenvalue weighted by atomic mass is 16.6. The summed E-state index contributed by atoms with van der Waals surface area (Å²) in [5, 5.41) is 0. The van der Waals surface area contributed by atoms with Gasteiger partial charge in [-0.25, -0.2) is 9.59 Å². The van der Waals surface area contributed by atoms with Crippen molar-refractivity contribution in [1.82, 2.24) is 0 Å². The molecule has 1 heterocycles. The maximum atomic E-state index is 11.2. The largest absolute Gasteiger partial charge is 0.386 e. The maximum Gasteiger partial charge on any atom is 0.342 e. The number of allylic oxidation sites excluding steroid dienone is 2. The molecule has 3 nitrogen and oxygen atoms in total. The summed E-state index contributed by atoms with van der Waals surface area (Å²) in [6, 6.07) is 0. The quantitative estimate of drug-likeness (QED) is 0.413. The van der Waals surface area contributed by atoms with Crippen molar-refractivity contribution in [1.29, 1.82) is 0 Å². The van der Waals surface area contributed by atoms with E-state index < -0.39 is 0 Å². The van der Waals surface area contributed by atoms with Crippen LogP contribution in [0.15, 0.2) is 22.8 Å². The Morgan fingerprint density at radius 3 is 1.95 bits per heavy atom. The maximum absolute atomic E-state index is 11.2. The van der Waals surface area contributed by atoms with Crippen LogP contribution >= 0.6 is 0 Å². The van der Waals surface area contributed by atoms with E-state index >= 15 is 0 Å². The summed E-state index contributed by atoms with van der Waals surface area (Å²) in [6.45, 7) is 4.46. The Morgan fingerprint density at radius 1 is 1.05 bits per heavy atom. The highest BCUT2D eigenvalue weighted by Gasteiger charge is 2.50. The lowest BCUT2D eigenvalue weighted by atomic mass is 9.93. The van der Waals surface area contributed by atoms with Gasteiger partial charge in [-0.15, -0.1) is 0 Å². The molecule has 102 valence electrons. The van der Waals surface area contributed by atoms with E-state index in [0.717, 1.165) is 25.2 Å². The van der Waals surface area contributed by atoms with Gasteiger partial charge in [0.2, 0.25) is 0 Å². The third-order valence-corrected chi connectivity index (χ3v) is 4.27. The number of hydrogen-bond acceptors (Lipinski definition) is 3. The average molecular weight is 260 g/mol. The van der Waals surface area contributed by atoms with Gasteiger partial charge in [0.25, 0.3) is 0 Å². The molecule has 0 aromatic rings. The van der Waals surface area contributed by atoms with E-state index in [2.05, 4.69) is 24.7 Å². The van der Waals surface area contributed by atoms with Gasteiger partial charge >= 0.3 is 11.9 Å². The SMILES string of the molecule is CC(C)C=C1CC1.O=C1OC(=O)C2=C1C1CCC2C1. The first kappa shape index (κ1) is 12.6. The molecule has 19 heavy (non-hydrogen) atoms. The second-order valence-corrected chi connectivity index (χ2v) is 6.28.